The minimum absolute atomic E-state index is 0.00718. The first-order valence-electron chi connectivity index (χ1n) is 9.70. The summed E-state index contributed by atoms with van der Waals surface area (Å²) in [6.45, 7) is 3.40. The molecule has 144 valence electrons. The summed E-state index contributed by atoms with van der Waals surface area (Å²) in [6, 6.07) is 19.3. The van der Waals surface area contributed by atoms with Crippen molar-refractivity contribution >= 4 is 5.91 Å². The van der Waals surface area contributed by atoms with Gasteiger partial charge in [0.05, 0.1) is 6.61 Å². The van der Waals surface area contributed by atoms with E-state index in [1.807, 2.05) is 65.6 Å². The van der Waals surface area contributed by atoms with Gasteiger partial charge in [0, 0.05) is 31.0 Å². The summed E-state index contributed by atoms with van der Waals surface area (Å²) in [5, 5.41) is 9.55. The molecule has 0 aliphatic carbocycles. The molecule has 1 heterocycles. The molecule has 1 N–H and O–H groups in total. The van der Waals surface area contributed by atoms with Gasteiger partial charge in [-0.2, -0.15) is 0 Å². The van der Waals surface area contributed by atoms with Crippen LogP contribution in [0.2, 0.25) is 0 Å². The fourth-order valence-electron chi connectivity index (χ4n) is 3.23. The van der Waals surface area contributed by atoms with Crippen LogP contribution in [-0.4, -0.2) is 27.4 Å². The molecule has 0 atom stereocenters. The summed E-state index contributed by atoms with van der Waals surface area (Å²) in [7, 11) is 0. The first kappa shape index (κ1) is 19.8. The summed E-state index contributed by atoms with van der Waals surface area (Å²) in [5.74, 6) is 0.0271. The molecule has 0 radical (unpaired) electrons. The van der Waals surface area contributed by atoms with E-state index in [1.165, 1.54) is 0 Å². The molecule has 0 bridgehead atoms. The Balaban J connectivity index is 1.80. The molecule has 0 saturated carbocycles. The van der Waals surface area contributed by atoms with Crippen LogP contribution in [0.25, 0.3) is 11.1 Å². The second-order valence-electron chi connectivity index (χ2n) is 6.83. The smallest absolute Gasteiger partial charge is 0.254 e. The number of amides is 1. The Morgan fingerprint density at radius 2 is 1.82 bits per heavy atom. The number of pyridine rings is 1. The number of benzene rings is 2. The largest absolute Gasteiger partial charge is 0.392 e. The van der Waals surface area contributed by atoms with Gasteiger partial charge in [0.25, 0.3) is 5.91 Å². The molecular formula is C24H26N2O2. The zero-order chi connectivity index (χ0) is 19.8. The van der Waals surface area contributed by atoms with E-state index in [1.54, 1.807) is 12.4 Å². The third-order valence-corrected chi connectivity index (χ3v) is 4.80. The number of hydrogen-bond donors (Lipinski definition) is 1. The van der Waals surface area contributed by atoms with Gasteiger partial charge in [0.2, 0.25) is 0 Å². The van der Waals surface area contributed by atoms with Crippen LogP contribution < -0.4 is 0 Å². The molecular weight excluding hydrogens is 348 g/mol. The minimum atomic E-state index is -0.00718. The maximum absolute atomic E-state index is 13.1. The molecule has 0 fully saturated rings. The molecule has 0 aliphatic rings. The number of hydrogen-bond acceptors (Lipinski definition) is 3. The lowest BCUT2D eigenvalue weighted by Crippen LogP contribution is -2.31. The lowest BCUT2D eigenvalue weighted by molar-refractivity contribution is 0.0740. The van der Waals surface area contributed by atoms with Gasteiger partial charge in [-0.05, 0) is 46.9 Å². The van der Waals surface area contributed by atoms with Crippen LogP contribution in [-0.2, 0) is 13.2 Å². The van der Waals surface area contributed by atoms with E-state index < -0.39 is 0 Å². The Bertz CT molecular complexity index is 892. The normalized spacial score (nSPS) is 10.6. The van der Waals surface area contributed by atoms with E-state index in [0.29, 0.717) is 12.1 Å². The maximum Gasteiger partial charge on any atom is 0.254 e. The van der Waals surface area contributed by atoms with Crippen LogP contribution in [0, 0.1) is 0 Å². The zero-order valence-electron chi connectivity index (χ0n) is 16.2. The SMILES string of the molecule is CCCCN(Cc1cccnc1)C(=O)c1ccc(-c2ccccc2CO)cc1. The Labute approximate surface area is 166 Å². The summed E-state index contributed by atoms with van der Waals surface area (Å²) in [5.41, 5.74) is 4.56. The Morgan fingerprint density at radius 3 is 2.50 bits per heavy atom. The number of aliphatic hydroxyl groups is 1. The lowest BCUT2D eigenvalue weighted by Gasteiger charge is -2.23. The third-order valence-electron chi connectivity index (χ3n) is 4.80. The van der Waals surface area contributed by atoms with Crippen LogP contribution in [0.5, 0.6) is 0 Å². The van der Waals surface area contributed by atoms with Crippen molar-refractivity contribution in [1.82, 2.24) is 9.88 Å². The summed E-state index contributed by atoms with van der Waals surface area (Å²) >= 11 is 0. The topological polar surface area (TPSA) is 53.4 Å². The van der Waals surface area contributed by atoms with Gasteiger partial charge in [-0.3, -0.25) is 9.78 Å². The molecule has 0 spiro atoms. The van der Waals surface area contributed by atoms with Crippen molar-refractivity contribution < 1.29 is 9.90 Å². The second-order valence-corrected chi connectivity index (χ2v) is 6.83. The van der Waals surface area contributed by atoms with Crippen molar-refractivity contribution in [1.29, 1.82) is 0 Å². The predicted octanol–water partition coefficient (Wildman–Crippen LogP) is 4.68. The van der Waals surface area contributed by atoms with Gasteiger partial charge in [-0.15, -0.1) is 0 Å². The average Bonchev–Trinajstić information content (AvgIpc) is 2.77. The quantitative estimate of drug-likeness (QED) is 0.623. The molecule has 1 aromatic heterocycles. The van der Waals surface area contributed by atoms with E-state index in [0.717, 1.165) is 41.6 Å². The molecule has 1 amide bonds. The van der Waals surface area contributed by atoms with Gasteiger partial charge in [-0.1, -0.05) is 55.8 Å². The van der Waals surface area contributed by atoms with E-state index in [9.17, 15) is 9.90 Å². The van der Waals surface area contributed by atoms with E-state index in [4.69, 9.17) is 0 Å². The number of nitrogens with zero attached hydrogens (tertiary/aromatic N) is 2. The molecule has 4 heteroatoms. The lowest BCUT2D eigenvalue weighted by atomic mass is 9.99. The van der Waals surface area contributed by atoms with Gasteiger partial charge in [-0.25, -0.2) is 0 Å². The number of carbonyl (C=O) groups excluding carboxylic acids is 1. The van der Waals surface area contributed by atoms with Gasteiger partial charge >= 0.3 is 0 Å². The molecule has 3 aromatic rings. The highest BCUT2D eigenvalue weighted by Gasteiger charge is 2.16. The van der Waals surface area contributed by atoms with Crippen molar-refractivity contribution in [3.05, 3.63) is 89.7 Å². The molecule has 2 aromatic carbocycles. The van der Waals surface area contributed by atoms with Crippen LogP contribution >= 0.6 is 0 Å². The van der Waals surface area contributed by atoms with Gasteiger partial charge in [0.1, 0.15) is 0 Å². The molecule has 28 heavy (non-hydrogen) atoms. The molecule has 0 unspecified atom stereocenters. The van der Waals surface area contributed by atoms with E-state index in [-0.39, 0.29) is 12.5 Å². The predicted molar refractivity (Wildman–Crippen MR) is 112 cm³/mol. The first-order chi connectivity index (χ1) is 13.7. The second kappa shape index (κ2) is 9.81. The zero-order valence-corrected chi connectivity index (χ0v) is 16.2. The van der Waals surface area contributed by atoms with Crippen LogP contribution in [0.3, 0.4) is 0 Å². The van der Waals surface area contributed by atoms with Gasteiger partial charge in [0.15, 0.2) is 0 Å². The van der Waals surface area contributed by atoms with Crippen molar-refractivity contribution in [2.24, 2.45) is 0 Å². The average molecular weight is 374 g/mol. The fraction of sp³-hybridized carbons (Fsp3) is 0.250. The number of aromatic nitrogens is 1. The fourth-order valence-corrected chi connectivity index (χ4v) is 3.23. The Kier molecular flexibility index (Phi) is 6.93. The van der Waals surface area contributed by atoms with E-state index in [2.05, 4.69) is 11.9 Å². The molecule has 3 rings (SSSR count). The van der Waals surface area contributed by atoms with E-state index >= 15 is 0 Å². The van der Waals surface area contributed by atoms with Crippen molar-refractivity contribution in [3.63, 3.8) is 0 Å². The third kappa shape index (κ3) is 4.84. The number of carbonyl (C=O) groups is 1. The first-order valence-corrected chi connectivity index (χ1v) is 9.70. The maximum atomic E-state index is 13.1. The molecule has 0 saturated heterocycles. The number of aliphatic hydroxyl groups excluding tert-OH is 1. The van der Waals surface area contributed by atoms with Crippen molar-refractivity contribution in [2.75, 3.05) is 6.54 Å². The highest BCUT2D eigenvalue weighted by Crippen LogP contribution is 2.24. The Morgan fingerprint density at radius 1 is 1.04 bits per heavy atom. The summed E-state index contributed by atoms with van der Waals surface area (Å²) in [4.78, 5) is 19.1. The van der Waals surface area contributed by atoms with Gasteiger partial charge < -0.3 is 10.0 Å². The van der Waals surface area contributed by atoms with Crippen LogP contribution in [0.1, 0.15) is 41.3 Å². The summed E-state index contributed by atoms with van der Waals surface area (Å²) in [6.07, 6.45) is 5.55. The number of rotatable bonds is 8. The monoisotopic (exact) mass is 374 g/mol. The highest BCUT2D eigenvalue weighted by atomic mass is 16.3. The summed E-state index contributed by atoms with van der Waals surface area (Å²) < 4.78 is 0. The van der Waals surface area contributed by atoms with Crippen LogP contribution in [0.15, 0.2) is 73.1 Å². The number of unbranched alkanes of at least 4 members (excludes halogenated alkanes) is 1. The van der Waals surface area contributed by atoms with Crippen molar-refractivity contribution in [3.8, 4) is 11.1 Å². The van der Waals surface area contributed by atoms with Crippen LogP contribution in [0.4, 0.5) is 0 Å². The molecule has 0 aliphatic heterocycles. The minimum Gasteiger partial charge on any atom is -0.392 e. The molecule has 4 nitrogen and oxygen atoms in total. The van der Waals surface area contributed by atoms with Crippen molar-refractivity contribution in [2.45, 2.75) is 32.9 Å². The Hall–Kier alpha value is -2.98. The highest BCUT2D eigenvalue weighted by molar-refractivity contribution is 5.94. The standard InChI is InChI=1S/C24H26N2O2/c1-2-3-15-26(17-19-7-6-14-25-16-19)24(28)21-12-10-20(11-13-21)23-9-5-4-8-22(23)18-27/h4-14,16,27H,2-3,15,17-18H2,1H3.